The third-order valence-electron chi connectivity index (χ3n) is 4.22. The van der Waals surface area contributed by atoms with E-state index in [2.05, 4.69) is 5.32 Å². The van der Waals surface area contributed by atoms with Gasteiger partial charge in [0.15, 0.2) is 0 Å². The molecule has 3 N–H and O–H groups in total. The Kier molecular flexibility index (Phi) is 2.99. The van der Waals surface area contributed by atoms with Crippen molar-refractivity contribution < 1.29 is 0 Å². The molecule has 0 spiro atoms. The summed E-state index contributed by atoms with van der Waals surface area (Å²) in [5.41, 5.74) is 7.97. The van der Waals surface area contributed by atoms with Gasteiger partial charge in [0, 0.05) is 12.1 Å². The van der Waals surface area contributed by atoms with E-state index in [1.165, 1.54) is 25.7 Å². The van der Waals surface area contributed by atoms with Crippen LogP contribution in [0.2, 0.25) is 5.02 Å². The van der Waals surface area contributed by atoms with E-state index in [1.54, 1.807) is 0 Å². The highest BCUT2D eigenvalue weighted by Crippen LogP contribution is 2.61. The number of nitrogens with two attached hydrogens (primary N) is 1. The smallest absolute Gasteiger partial charge is 0.104 e. The standard InChI is InChI=1S/C14H17ClN2S/c15-11-7-9(13(16)18)1-4-12(11)17-8-14(5-6-14)10-2-3-10/h1,4,7,10,17H,2-3,5-6,8H2,(H2,16,18). The number of rotatable bonds is 5. The van der Waals surface area contributed by atoms with Crippen molar-refractivity contribution in [1.29, 1.82) is 0 Å². The second kappa shape index (κ2) is 4.39. The molecule has 0 saturated heterocycles. The van der Waals surface area contributed by atoms with Gasteiger partial charge in [-0.1, -0.05) is 23.8 Å². The summed E-state index contributed by atoms with van der Waals surface area (Å²) in [6, 6.07) is 5.73. The molecule has 2 saturated carbocycles. The van der Waals surface area contributed by atoms with E-state index in [0.717, 1.165) is 23.7 Å². The first kappa shape index (κ1) is 12.2. The normalized spacial score (nSPS) is 20.5. The largest absolute Gasteiger partial charge is 0.389 e. The Morgan fingerprint density at radius 2 is 2.17 bits per heavy atom. The minimum absolute atomic E-state index is 0.389. The molecule has 2 fully saturated rings. The fourth-order valence-electron chi connectivity index (χ4n) is 2.67. The van der Waals surface area contributed by atoms with E-state index in [9.17, 15) is 0 Å². The SMILES string of the molecule is NC(=S)c1ccc(NCC2(C3CC3)CC2)c(Cl)c1. The predicted octanol–water partition coefficient (Wildman–Crippen LogP) is 3.58. The lowest BCUT2D eigenvalue weighted by molar-refractivity contribution is 0.467. The monoisotopic (exact) mass is 280 g/mol. The van der Waals surface area contributed by atoms with Crippen LogP contribution >= 0.6 is 23.8 Å². The zero-order chi connectivity index (χ0) is 12.8. The Morgan fingerprint density at radius 3 is 2.67 bits per heavy atom. The van der Waals surface area contributed by atoms with Crippen LogP contribution in [0.4, 0.5) is 5.69 Å². The van der Waals surface area contributed by atoms with Crippen molar-refractivity contribution in [2.75, 3.05) is 11.9 Å². The average molecular weight is 281 g/mol. The summed E-state index contributed by atoms with van der Waals surface area (Å²) >= 11 is 11.2. The van der Waals surface area contributed by atoms with Crippen LogP contribution in [0.25, 0.3) is 0 Å². The summed E-state index contributed by atoms with van der Waals surface area (Å²) in [4.78, 5) is 0.389. The molecule has 2 aliphatic rings. The molecule has 0 aliphatic heterocycles. The van der Waals surface area contributed by atoms with Gasteiger partial charge in [0.2, 0.25) is 0 Å². The van der Waals surface area contributed by atoms with Gasteiger partial charge in [-0.3, -0.25) is 0 Å². The van der Waals surface area contributed by atoms with Gasteiger partial charge in [0.25, 0.3) is 0 Å². The third-order valence-corrected chi connectivity index (χ3v) is 4.77. The Morgan fingerprint density at radius 1 is 1.44 bits per heavy atom. The fraction of sp³-hybridized carbons (Fsp3) is 0.500. The molecule has 3 rings (SSSR count). The number of anilines is 1. The van der Waals surface area contributed by atoms with Gasteiger partial charge in [0.05, 0.1) is 10.7 Å². The van der Waals surface area contributed by atoms with Gasteiger partial charge in [-0.2, -0.15) is 0 Å². The lowest BCUT2D eigenvalue weighted by Gasteiger charge is -2.17. The van der Waals surface area contributed by atoms with Gasteiger partial charge < -0.3 is 11.1 Å². The van der Waals surface area contributed by atoms with Crippen molar-refractivity contribution in [2.24, 2.45) is 17.1 Å². The van der Waals surface area contributed by atoms with Crippen LogP contribution < -0.4 is 11.1 Å². The molecule has 1 aromatic rings. The molecular formula is C14H17ClN2S. The Labute approximate surface area is 118 Å². The van der Waals surface area contributed by atoms with E-state index in [4.69, 9.17) is 29.6 Å². The summed E-state index contributed by atoms with van der Waals surface area (Å²) < 4.78 is 0. The second-order valence-electron chi connectivity index (χ2n) is 5.55. The molecule has 0 unspecified atom stereocenters. The third kappa shape index (κ3) is 2.34. The van der Waals surface area contributed by atoms with E-state index in [-0.39, 0.29) is 0 Å². The van der Waals surface area contributed by atoms with Crippen LogP contribution in [-0.4, -0.2) is 11.5 Å². The highest BCUT2D eigenvalue weighted by atomic mass is 35.5. The van der Waals surface area contributed by atoms with E-state index in [1.807, 2.05) is 18.2 Å². The molecule has 2 aliphatic carbocycles. The van der Waals surface area contributed by atoms with Crippen molar-refractivity contribution in [2.45, 2.75) is 25.7 Å². The van der Waals surface area contributed by atoms with Gasteiger partial charge in [0.1, 0.15) is 4.99 Å². The van der Waals surface area contributed by atoms with Crippen molar-refractivity contribution in [3.05, 3.63) is 28.8 Å². The van der Waals surface area contributed by atoms with Crippen LogP contribution in [0.1, 0.15) is 31.2 Å². The molecule has 0 radical (unpaired) electrons. The zero-order valence-electron chi connectivity index (χ0n) is 10.2. The summed E-state index contributed by atoms with van der Waals surface area (Å²) in [6.07, 6.45) is 5.56. The van der Waals surface area contributed by atoms with Gasteiger partial charge in [-0.05, 0) is 55.2 Å². The number of thiocarbonyl (C=S) groups is 1. The molecule has 18 heavy (non-hydrogen) atoms. The summed E-state index contributed by atoms with van der Waals surface area (Å²) in [5, 5.41) is 4.19. The van der Waals surface area contributed by atoms with Crippen molar-refractivity contribution in [1.82, 2.24) is 0 Å². The van der Waals surface area contributed by atoms with Crippen molar-refractivity contribution in [3.8, 4) is 0 Å². The summed E-state index contributed by atoms with van der Waals surface area (Å²) in [5.74, 6) is 0.958. The Balaban J connectivity index is 1.67. The van der Waals surface area contributed by atoms with Crippen LogP contribution in [0, 0.1) is 11.3 Å². The topological polar surface area (TPSA) is 38.0 Å². The molecular weight excluding hydrogens is 264 g/mol. The first-order valence-corrected chi connectivity index (χ1v) is 7.23. The van der Waals surface area contributed by atoms with Gasteiger partial charge >= 0.3 is 0 Å². The van der Waals surface area contributed by atoms with Crippen LogP contribution in [0.5, 0.6) is 0 Å². The van der Waals surface area contributed by atoms with Crippen LogP contribution in [-0.2, 0) is 0 Å². The van der Waals surface area contributed by atoms with E-state index < -0.39 is 0 Å². The first-order valence-electron chi connectivity index (χ1n) is 6.44. The molecule has 1 aromatic carbocycles. The maximum atomic E-state index is 6.24. The zero-order valence-corrected chi connectivity index (χ0v) is 11.8. The molecule has 2 nitrogen and oxygen atoms in total. The number of hydrogen-bond acceptors (Lipinski definition) is 2. The maximum absolute atomic E-state index is 6.24. The number of halogens is 1. The Hall–Kier alpha value is -0.800. The summed E-state index contributed by atoms with van der Waals surface area (Å²) in [6.45, 7) is 1.05. The molecule has 96 valence electrons. The molecule has 0 amide bonds. The van der Waals surface area contributed by atoms with Crippen molar-refractivity contribution in [3.63, 3.8) is 0 Å². The Bertz CT molecular complexity index is 493. The summed E-state index contributed by atoms with van der Waals surface area (Å²) in [7, 11) is 0. The molecule has 0 atom stereocenters. The second-order valence-corrected chi connectivity index (χ2v) is 6.40. The minimum atomic E-state index is 0.389. The van der Waals surface area contributed by atoms with E-state index >= 15 is 0 Å². The average Bonchev–Trinajstić information content (AvgIpc) is 3.19. The number of hydrogen-bond donors (Lipinski definition) is 2. The predicted molar refractivity (Wildman–Crippen MR) is 80.2 cm³/mol. The molecule has 0 bridgehead atoms. The molecule has 0 heterocycles. The molecule has 4 heteroatoms. The van der Waals surface area contributed by atoms with Crippen molar-refractivity contribution >= 4 is 34.5 Å². The quantitative estimate of drug-likeness (QED) is 0.810. The number of benzene rings is 1. The number of nitrogens with one attached hydrogen (secondary N) is 1. The minimum Gasteiger partial charge on any atom is -0.389 e. The lowest BCUT2D eigenvalue weighted by atomic mass is 10.0. The maximum Gasteiger partial charge on any atom is 0.104 e. The van der Waals surface area contributed by atoms with Gasteiger partial charge in [-0.15, -0.1) is 0 Å². The molecule has 0 aromatic heterocycles. The van der Waals surface area contributed by atoms with Crippen LogP contribution in [0.3, 0.4) is 0 Å². The highest BCUT2D eigenvalue weighted by Gasteiger charge is 2.53. The highest BCUT2D eigenvalue weighted by molar-refractivity contribution is 7.80. The van der Waals surface area contributed by atoms with Crippen LogP contribution in [0.15, 0.2) is 18.2 Å². The fourth-order valence-corrected chi connectivity index (χ4v) is 3.04. The first-order chi connectivity index (χ1) is 8.61. The lowest BCUT2D eigenvalue weighted by Crippen LogP contribution is -2.17. The van der Waals surface area contributed by atoms with Gasteiger partial charge in [-0.25, -0.2) is 0 Å². The van der Waals surface area contributed by atoms with E-state index in [0.29, 0.717) is 15.4 Å².